The van der Waals surface area contributed by atoms with Crippen LogP contribution in [-0.4, -0.2) is 35.4 Å². The SMILES string of the molecule is Nc1cc([N+](=O)[O-])cc(N2CCNC(=O)CC2)n1. The second-order valence-corrected chi connectivity index (χ2v) is 3.95. The quantitative estimate of drug-likeness (QED) is 0.560. The lowest BCUT2D eigenvalue weighted by Gasteiger charge is -2.20. The monoisotopic (exact) mass is 251 g/mol. The van der Waals surface area contributed by atoms with E-state index in [-0.39, 0.29) is 17.4 Å². The number of amides is 1. The molecule has 8 heteroatoms. The van der Waals surface area contributed by atoms with Crippen LogP contribution in [0.2, 0.25) is 0 Å². The number of hydrogen-bond donors (Lipinski definition) is 2. The van der Waals surface area contributed by atoms with E-state index in [2.05, 4.69) is 10.3 Å². The van der Waals surface area contributed by atoms with Gasteiger partial charge in [0, 0.05) is 26.1 Å². The normalized spacial score (nSPS) is 16.0. The zero-order valence-corrected chi connectivity index (χ0v) is 9.63. The molecule has 0 radical (unpaired) electrons. The van der Waals surface area contributed by atoms with Gasteiger partial charge in [0.1, 0.15) is 11.6 Å². The van der Waals surface area contributed by atoms with Gasteiger partial charge < -0.3 is 16.0 Å². The Morgan fingerprint density at radius 1 is 1.44 bits per heavy atom. The van der Waals surface area contributed by atoms with Crippen LogP contribution in [0.3, 0.4) is 0 Å². The molecule has 0 aromatic carbocycles. The molecule has 1 aliphatic rings. The molecule has 8 nitrogen and oxygen atoms in total. The summed E-state index contributed by atoms with van der Waals surface area (Å²) in [6.07, 6.45) is 0.338. The molecule has 0 bridgehead atoms. The molecule has 1 aromatic heterocycles. The molecule has 0 atom stereocenters. The molecule has 0 spiro atoms. The van der Waals surface area contributed by atoms with E-state index in [0.29, 0.717) is 31.9 Å². The van der Waals surface area contributed by atoms with Gasteiger partial charge in [-0.15, -0.1) is 0 Å². The minimum Gasteiger partial charge on any atom is -0.383 e. The van der Waals surface area contributed by atoms with Crippen LogP contribution in [0.5, 0.6) is 0 Å². The Morgan fingerprint density at radius 2 is 2.22 bits per heavy atom. The van der Waals surface area contributed by atoms with Crippen molar-refractivity contribution in [1.82, 2.24) is 10.3 Å². The molecule has 1 fully saturated rings. The van der Waals surface area contributed by atoms with Gasteiger partial charge in [-0.25, -0.2) is 4.98 Å². The first-order chi connectivity index (χ1) is 8.56. The fourth-order valence-corrected chi connectivity index (χ4v) is 1.79. The van der Waals surface area contributed by atoms with E-state index in [1.807, 2.05) is 0 Å². The summed E-state index contributed by atoms with van der Waals surface area (Å²) in [6, 6.07) is 2.58. The van der Waals surface area contributed by atoms with Crippen molar-refractivity contribution in [2.24, 2.45) is 0 Å². The zero-order valence-electron chi connectivity index (χ0n) is 9.63. The number of carbonyl (C=O) groups excluding carboxylic acids is 1. The number of nitro groups is 1. The Hall–Kier alpha value is -2.38. The van der Waals surface area contributed by atoms with Crippen LogP contribution in [0.25, 0.3) is 0 Å². The standard InChI is InChI=1S/C10H13N5O3/c11-8-5-7(15(17)18)6-9(13-8)14-3-1-10(16)12-2-4-14/h5-6H,1-4H2,(H2,11,13)(H,12,16). The Bertz CT molecular complexity index is 490. The number of rotatable bonds is 2. The lowest BCUT2D eigenvalue weighted by Crippen LogP contribution is -2.29. The average Bonchev–Trinajstić information content (AvgIpc) is 2.53. The first-order valence-corrected chi connectivity index (χ1v) is 5.50. The summed E-state index contributed by atoms with van der Waals surface area (Å²) in [6.45, 7) is 1.52. The van der Waals surface area contributed by atoms with Crippen LogP contribution >= 0.6 is 0 Å². The molecular formula is C10H13N5O3. The van der Waals surface area contributed by atoms with E-state index < -0.39 is 4.92 Å². The number of anilines is 2. The molecule has 18 heavy (non-hydrogen) atoms. The highest BCUT2D eigenvalue weighted by Gasteiger charge is 2.18. The second-order valence-electron chi connectivity index (χ2n) is 3.95. The zero-order chi connectivity index (χ0) is 13.1. The predicted octanol–water partition coefficient (Wildman–Crippen LogP) is -0.102. The number of nitrogens with one attached hydrogen (secondary N) is 1. The Kier molecular flexibility index (Phi) is 3.26. The predicted molar refractivity (Wildman–Crippen MR) is 65.1 cm³/mol. The molecular weight excluding hydrogens is 238 g/mol. The van der Waals surface area contributed by atoms with E-state index in [4.69, 9.17) is 5.73 Å². The number of nitrogens with two attached hydrogens (primary N) is 1. The Morgan fingerprint density at radius 3 is 2.94 bits per heavy atom. The minimum absolute atomic E-state index is 0.0316. The summed E-state index contributed by atoms with van der Waals surface area (Å²) >= 11 is 0. The number of pyridine rings is 1. The maximum atomic E-state index is 11.2. The van der Waals surface area contributed by atoms with Crippen LogP contribution in [0.4, 0.5) is 17.3 Å². The van der Waals surface area contributed by atoms with Gasteiger partial charge >= 0.3 is 0 Å². The van der Waals surface area contributed by atoms with E-state index in [0.717, 1.165) is 0 Å². The van der Waals surface area contributed by atoms with Crippen molar-refractivity contribution in [3.05, 3.63) is 22.2 Å². The van der Waals surface area contributed by atoms with Gasteiger partial charge in [-0.05, 0) is 0 Å². The van der Waals surface area contributed by atoms with E-state index in [1.54, 1.807) is 4.90 Å². The van der Waals surface area contributed by atoms with Gasteiger partial charge in [0.25, 0.3) is 5.69 Å². The van der Waals surface area contributed by atoms with E-state index >= 15 is 0 Å². The molecule has 96 valence electrons. The fourth-order valence-electron chi connectivity index (χ4n) is 1.79. The maximum Gasteiger partial charge on any atom is 0.276 e. The molecule has 1 saturated heterocycles. The van der Waals surface area contributed by atoms with Crippen molar-refractivity contribution in [3.63, 3.8) is 0 Å². The number of nitrogens with zero attached hydrogens (tertiary/aromatic N) is 3. The van der Waals surface area contributed by atoms with Gasteiger partial charge in [0.2, 0.25) is 5.91 Å². The topological polar surface area (TPSA) is 114 Å². The van der Waals surface area contributed by atoms with Gasteiger partial charge in [-0.2, -0.15) is 0 Å². The van der Waals surface area contributed by atoms with Gasteiger partial charge in [-0.1, -0.05) is 0 Å². The number of carbonyl (C=O) groups is 1. The van der Waals surface area contributed by atoms with Crippen molar-refractivity contribution in [1.29, 1.82) is 0 Å². The van der Waals surface area contributed by atoms with Crippen molar-refractivity contribution in [2.75, 3.05) is 30.3 Å². The molecule has 3 N–H and O–H groups in total. The van der Waals surface area contributed by atoms with Crippen molar-refractivity contribution in [3.8, 4) is 0 Å². The fraction of sp³-hybridized carbons (Fsp3) is 0.400. The first-order valence-electron chi connectivity index (χ1n) is 5.50. The van der Waals surface area contributed by atoms with Crippen LogP contribution in [0.15, 0.2) is 12.1 Å². The first kappa shape index (κ1) is 12.1. The third-order valence-corrected chi connectivity index (χ3v) is 2.66. The number of aromatic nitrogens is 1. The lowest BCUT2D eigenvalue weighted by molar-refractivity contribution is -0.384. The molecule has 0 saturated carbocycles. The van der Waals surface area contributed by atoms with E-state index in [9.17, 15) is 14.9 Å². The third kappa shape index (κ3) is 2.65. The van der Waals surface area contributed by atoms with Crippen LogP contribution in [0, 0.1) is 10.1 Å². The molecule has 0 unspecified atom stereocenters. The summed E-state index contributed by atoms with van der Waals surface area (Å²) in [5.74, 6) is 0.497. The minimum atomic E-state index is -0.511. The second kappa shape index (κ2) is 4.86. The molecule has 1 aliphatic heterocycles. The summed E-state index contributed by atoms with van der Waals surface area (Å²) in [5.41, 5.74) is 5.45. The largest absolute Gasteiger partial charge is 0.383 e. The van der Waals surface area contributed by atoms with Gasteiger partial charge in [0.05, 0.1) is 17.1 Å². The molecule has 2 rings (SSSR count). The highest BCUT2D eigenvalue weighted by atomic mass is 16.6. The highest BCUT2D eigenvalue weighted by molar-refractivity contribution is 5.77. The van der Waals surface area contributed by atoms with Crippen molar-refractivity contribution < 1.29 is 9.72 Å². The van der Waals surface area contributed by atoms with E-state index in [1.165, 1.54) is 12.1 Å². The summed E-state index contributed by atoms with van der Waals surface area (Å²) in [4.78, 5) is 27.3. The maximum absolute atomic E-state index is 11.2. The molecule has 2 heterocycles. The van der Waals surface area contributed by atoms with Crippen molar-refractivity contribution >= 4 is 23.2 Å². The lowest BCUT2D eigenvalue weighted by atomic mass is 10.3. The molecule has 1 aromatic rings. The summed E-state index contributed by atoms with van der Waals surface area (Å²) < 4.78 is 0. The van der Waals surface area contributed by atoms with Crippen LogP contribution in [0.1, 0.15) is 6.42 Å². The average molecular weight is 251 g/mol. The number of hydrogen-bond acceptors (Lipinski definition) is 6. The van der Waals surface area contributed by atoms with Crippen molar-refractivity contribution in [2.45, 2.75) is 6.42 Å². The smallest absolute Gasteiger partial charge is 0.276 e. The summed E-state index contributed by atoms with van der Waals surface area (Å²) in [5, 5.41) is 13.5. The van der Waals surface area contributed by atoms with Gasteiger partial charge in [-0.3, -0.25) is 14.9 Å². The highest BCUT2D eigenvalue weighted by Crippen LogP contribution is 2.22. The molecule has 0 aliphatic carbocycles. The Balaban J connectivity index is 2.26. The van der Waals surface area contributed by atoms with Crippen LogP contribution < -0.4 is 16.0 Å². The van der Waals surface area contributed by atoms with Crippen LogP contribution in [-0.2, 0) is 4.79 Å². The van der Waals surface area contributed by atoms with Gasteiger partial charge in [0.15, 0.2) is 0 Å². The third-order valence-electron chi connectivity index (χ3n) is 2.66. The summed E-state index contributed by atoms with van der Waals surface area (Å²) in [7, 11) is 0. The Labute approximate surface area is 103 Å². The molecule has 1 amide bonds. The number of nitrogen functional groups attached to an aromatic ring is 1.